The Kier molecular flexibility index (Phi) is 2.61. The van der Waals surface area contributed by atoms with Crippen LogP contribution in [0.4, 0.5) is 17.6 Å². The summed E-state index contributed by atoms with van der Waals surface area (Å²) in [6.45, 7) is 1.86. The van der Waals surface area contributed by atoms with Crippen molar-refractivity contribution in [3.8, 4) is 0 Å². The number of H-pyrrole nitrogens is 1. The number of primary amides is 1. The number of aromatic amines is 1. The third-order valence-corrected chi connectivity index (χ3v) is 1.96. The van der Waals surface area contributed by atoms with E-state index >= 15 is 0 Å². The van der Waals surface area contributed by atoms with Gasteiger partial charge in [-0.2, -0.15) is 10.1 Å². The van der Waals surface area contributed by atoms with Gasteiger partial charge < -0.3 is 16.8 Å². The van der Waals surface area contributed by atoms with Gasteiger partial charge in [-0.1, -0.05) is 0 Å². The Morgan fingerprint density at radius 1 is 1.35 bits per heavy atom. The van der Waals surface area contributed by atoms with Crippen LogP contribution in [0.25, 0.3) is 0 Å². The Balaban J connectivity index is 2.29. The van der Waals surface area contributed by atoms with Gasteiger partial charge in [-0.15, -0.1) is 0 Å². The first-order valence-corrected chi connectivity index (χ1v) is 4.78. The van der Waals surface area contributed by atoms with E-state index in [1.54, 1.807) is 6.07 Å². The van der Waals surface area contributed by atoms with Gasteiger partial charge in [-0.3, -0.25) is 9.89 Å². The zero-order valence-corrected chi connectivity index (χ0v) is 9.06. The van der Waals surface area contributed by atoms with Crippen molar-refractivity contribution in [1.29, 1.82) is 0 Å². The Bertz CT molecular complexity index is 562. The van der Waals surface area contributed by atoms with Crippen molar-refractivity contribution in [2.24, 2.45) is 5.73 Å². The fraction of sp³-hybridized carbons (Fsp3) is 0.111. The number of nitrogens with one attached hydrogen (secondary N) is 2. The Labute approximate surface area is 96.4 Å². The van der Waals surface area contributed by atoms with Crippen LogP contribution in [0.2, 0.25) is 0 Å². The van der Waals surface area contributed by atoms with Gasteiger partial charge in [0.1, 0.15) is 11.5 Å². The smallest absolute Gasteiger partial charge is 0.267 e. The van der Waals surface area contributed by atoms with Crippen LogP contribution < -0.4 is 16.8 Å². The lowest BCUT2D eigenvalue weighted by Gasteiger charge is -2.03. The van der Waals surface area contributed by atoms with Gasteiger partial charge in [-0.25, -0.2) is 4.98 Å². The quantitative estimate of drug-likeness (QED) is 0.586. The van der Waals surface area contributed by atoms with E-state index < -0.39 is 5.91 Å². The van der Waals surface area contributed by atoms with E-state index in [4.69, 9.17) is 11.5 Å². The van der Waals surface area contributed by atoms with Gasteiger partial charge in [0.15, 0.2) is 5.82 Å². The minimum atomic E-state index is -0.666. The highest BCUT2D eigenvalue weighted by atomic mass is 16.1. The number of hydrogen-bond acceptors (Lipinski definition) is 6. The summed E-state index contributed by atoms with van der Waals surface area (Å²) in [6.07, 6.45) is 0. The molecular weight excluding hydrogens is 222 g/mol. The van der Waals surface area contributed by atoms with Crippen molar-refractivity contribution in [3.63, 3.8) is 0 Å². The van der Waals surface area contributed by atoms with E-state index in [-0.39, 0.29) is 11.6 Å². The van der Waals surface area contributed by atoms with Gasteiger partial charge in [0.05, 0.1) is 0 Å². The number of anilines is 3. The van der Waals surface area contributed by atoms with Gasteiger partial charge in [0, 0.05) is 17.8 Å². The number of aromatic nitrogens is 4. The molecule has 0 aliphatic carbocycles. The largest absolute Gasteiger partial charge is 0.368 e. The molecule has 0 saturated heterocycles. The van der Waals surface area contributed by atoms with Crippen molar-refractivity contribution in [2.75, 3.05) is 11.1 Å². The molecule has 0 saturated carbocycles. The molecular formula is C9H11N7O. The Morgan fingerprint density at radius 3 is 2.71 bits per heavy atom. The van der Waals surface area contributed by atoms with Crippen molar-refractivity contribution in [2.45, 2.75) is 6.92 Å². The van der Waals surface area contributed by atoms with Crippen molar-refractivity contribution < 1.29 is 4.79 Å². The summed E-state index contributed by atoms with van der Waals surface area (Å²) in [5.74, 6) is 0.227. The maximum Gasteiger partial charge on any atom is 0.267 e. The minimum Gasteiger partial charge on any atom is -0.368 e. The first-order chi connectivity index (χ1) is 8.04. The van der Waals surface area contributed by atoms with Crippen LogP contribution in [0.5, 0.6) is 0 Å². The number of carbonyl (C=O) groups is 1. The predicted molar refractivity (Wildman–Crippen MR) is 61.6 cm³/mol. The summed E-state index contributed by atoms with van der Waals surface area (Å²) in [5, 5.41) is 9.60. The standard InChI is InChI=1S/C9H11N7O/c1-4-2-7(16-15-4)13-6-3-5(8(10)17)12-9(11)14-6/h2-3H,1H3,(H2,10,17)(H4,11,12,13,14,15,16). The molecule has 2 rings (SSSR count). The fourth-order valence-corrected chi connectivity index (χ4v) is 1.27. The summed E-state index contributed by atoms with van der Waals surface area (Å²) in [5.41, 5.74) is 11.5. The van der Waals surface area contributed by atoms with Crippen LogP contribution in [-0.2, 0) is 0 Å². The molecule has 17 heavy (non-hydrogen) atoms. The zero-order chi connectivity index (χ0) is 12.4. The summed E-state index contributed by atoms with van der Waals surface area (Å²) in [7, 11) is 0. The highest BCUT2D eigenvalue weighted by molar-refractivity contribution is 5.91. The molecule has 0 aliphatic heterocycles. The van der Waals surface area contributed by atoms with Crippen LogP contribution in [0.1, 0.15) is 16.2 Å². The minimum absolute atomic E-state index is 0.0314. The highest BCUT2D eigenvalue weighted by Crippen LogP contribution is 2.14. The monoisotopic (exact) mass is 233 g/mol. The molecule has 0 aromatic carbocycles. The van der Waals surface area contributed by atoms with Crippen molar-refractivity contribution in [1.82, 2.24) is 20.2 Å². The number of nitrogens with zero attached hydrogens (tertiary/aromatic N) is 3. The maximum absolute atomic E-state index is 11.0. The second-order valence-corrected chi connectivity index (χ2v) is 3.42. The molecule has 6 N–H and O–H groups in total. The van der Waals surface area contributed by atoms with Gasteiger partial charge in [-0.05, 0) is 6.92 Å². The normalized spacial score (nSPS) is 10.2. The number of hydrogen-bond donors (Lipinski definition) is 4. The second kappa shape index (κ2) is 4.08. The molecule has 2 aromatic rings. The molecule has 2 aromatic heterocycles. The summed E-state index contributed by atoms with van der Waals surface area (Å²) < 4.78 is 0. The molecule has 0 radical (unpaired) electrons. The zero-order valence-electron chi connectivity index (χ0n) is 9.06. The average Bonchev–Trinajstić information content (AvgIpc) is 2.63. The van der Waals surface area contributed by atoms with Crippen LogP contribution >= 0.6 is 0 Å². The average molecular weight is 233 g/mol. The Hall–Kier alpha value is -2.64. The lowest BCUT2D eigenvalue weighted by atomic mass is 10.3. The first-order valence-electron chi connectivity index (χ1n) is 4.78. The van der Waals surface area contributed by atoms with Gasteiger partial charge in [0.2, 0.25) is 5.95 Å². The van der Waals surface area contributed by atoms with Crippen LogP contribution in [0.3, 0.4) is 0 Å². The topological polar surface area (TPSA) is 136 Å². The number of nitrogens with two attached hydrogens (primary N) is 2. The van der Waals surface area contributed by atoms with Crippen LogP contribution in [0.15, 0.2) is 12.1 Å². The van der Waals surface area contributed by atoms with Crippen LogP contribution in [0, 0.1) is 6.92 Å². The third-order valence-electron chi connectivity index (χ3n) is 1.96. The molecule has 0 spiro atoms. The van der Waals surface area contributed by atoms with E-state index in [9.17, 15) is 4.79 Å². The predicted octanol–water partition coefficient (Wildman–Crippen LogP) is -0.0672. The van der Waals surface area contributed by atoms with E-state index in [1.165, 1.54) is 6.07 Å². The molecule has 0 unspecified atom stereocenters. The summed E-state index contributed by atoms with van der Waals surface area (Å²) in [4.78, 5) is 18.6. The number of amides is 1. The molecule has 8 nitrogen and oxygen atoms in total. The molecule has 88 valence electrons. The van der Waals surface area contributed by atoms with Crippen LogP contribution in [-0.4, -0.2) is 26.1 Å². The number of rotatable bonds is 3. The molecule has 0 fully saturated rings. The molecule has 8 heteroatoms. The molecule has 0 atom stereocenters. The lowest BCUT2D eigenvalue weighted by Crippen LogP contribution is -2.15. The molecule has 1 amide bonds. The summed E-state index contributed by atoms with van der Waals surface area (Å²) >= 11 is 0. The van der Waals surface area contributed by atoms with E-state index in [2.05, 4.69) is 25.5 Å². The first kappa shape index (κ1) is 10.9. The number of aryl methyl sites for hydroxylation is 1. The lowest BCUT2D eigenvalue weighted by molar-refractivity contribution is 0.0995. The number of nitrogen functional groups attached to an aromatic ring is 1. The van der Waals surface area contributed by atoms with E-state index in [0.29, 0.717) is 11.6 Å². The third kappa shape index (κ3) is 2.48. The Morgan fingerprint density at radius 2 is 2.12 bits per heavy atom. The van der Waals surface area contributed by atoms with Crippen molar-refractivity contribution in [3.05, 3.63) is 23.5 Å². The van der Waals surface area contributed by atoms with Crippen molar-refractivity contribution >= 4 is 23.5 Å². The molecule has 2 heterocycles. The van der Waals surface area contributed by atoms with Gasteiger partial charge in [0.25, 0.3) is 5.91 Å². The van der Waals surface area contributed by atoms with E-state index in [0.717, 1.165) is 5.69 Å². The number of carbonyl (C=O) groups excluding carboxylic acids is 1. The maximum atomic E-state index is 11.0. The van der Waals surface area contributed by atoms with E-state index in [1.807, 2.05) is 6.92 Å². The fourth-order valence-electron chi connectivity index (χ4n) is 1.27. The highest BCUT2D eigenvalue weighted by Gasteiger charge is 2.08. The van der Waals surface area contributed by atoms with Gasteiger partial charge >= 0.3 is 0 Å². The second-order valence-electron chi connectivity index (χ2n) is 3.42. The summed E-state index contributed by atoms with van der Waals surface area (Å²) in [6, 6.07) is 3.19. The molecule has 0 bridgehead atoms. The SMILES string of the molecule is Cc1cc(Nc2cc(C(N)=O)nc(N)n2)n[nH]1. The molecule has 0 aliphatic rings.